The molecule has 0 N–H and O–H groups in total. The number of nitrogens with zero attached hydrogens (tertiary/aromatic N) is 3. The largest absolute Gasteiger partial charge is 0.380 e. The number of amides is 1. The maximum Gasteiger partial charge on any atom is 0.240 e. The highest BCUT2D eigenvalue weighted by molar-refractivity contribution is 6.03. The highest BCUT2D eigenvalue weighted by Gasteiger charge is 2.46. The number of ether oxygens (including phenoxy) is 1. The Hall–Kier alpha value is -2.64. The Bertz CT molecular complexity index is 998. The van der Waals surface area contributed by atoms with Gasteiger partial charge in [0.25, 0.3) is 0 Å². The van der Waals surface area contributed by atoms with Crippen LogP contribution < -0.4 is 0 Å². The van der Waals surface area contributed by atoms with E-state index in [1.165, 1.54) is 11.9 Å². The number of rotatable bonds is 7. The zero-order valence-corrected chi connectivity index (χ0v) is 18.6. The highest BCUT2D eigenvalue weighted by atomic mass is 19.1. The van der Waals surface area contributed by atoms with Gasteiger partial charge < -0.3 is 9.64 Å². The predicted octanol–water partition coefficient (Wildman–Crippen LogP) is 4.32. The molecule has 1 saturated heterocycles. The van der Waals surface area contributed by atoms with Crippen LogP contribution in [0.2, 0.25) is 0 Å². The molecule has 1 amide bonds. The Morgan fingerprint density at radius 2 is 2.00 bits per heavy atom. The molecule has 0 saturated carbocycles. The number of halogens is 2. The summed E-state index contributed by atoms with van der Waals surface area (Å²) in [7, 11) is 1.74. The molecule has 32 heavy (non-hydrogen) atoms. The van der Waals surface area contributed by atoms with Gasteiger partial charge in [0.05, 0.1) is 17.4 Å². The molecule has 0 unspecified atom stereocenters. The first-order valence-corrected chi connectivity index (χ1v) is 11.1. The van der Waals surface area contributed by atoms with Crippen molar-refractivity contribution in [1.29, 1.82) is 0 Å². The summed E-state index contributed by atoms with van der Waals surface area (Å²) >= 11 is 0. The van der Waals surface area contributed by atoms with Gasteiger partial charge in [-0.25, -0.2) is 13.8 Å². The van der Waals surface area contributed by atoms with Crippen LogP contribution in [0.4, 0.5) is 8.78 Å². The molecule has 0 spiro atoms. The fourth-order valence-corrected chi connectivity index (χ4v) is 4.94. The summed E-state index contributed by atoms with van der Waals surface area (Å²) < 4.78 is 33.9. The smallest absolute Gasteiger partial charge is 0.240 e. The molecule has 2 atom stereocenters. The van der Waals surface area contributed by atoms with E-state index in [1.807, 2.05) is 30.3 Å². The lowest BCUT2D eigenvalue weighted by atomic mass is 9.80. The van der Waals surface area contributed by atoms with E-state index in [-0.39, 0.29) is 17.6 Å². The second-order valence-electron chi connectivity index (χ2n) is 8.63. The summed E-state index contributed by atoms with van der Waals surface area (Å²) in [6, 6.07) is 13.1. The van der Waals surface area contributed by atoms with E-state index < -0.39 is 17.2 Å². The number of hydrogen-bond donors (Lipinski definition) is 0. The number of carbonyl (C=O) groups is 1. The zero-order valence-electron chi connectivity index (χ0n) is 18.6. The molecule has 0 bridgehead atoms. The van der Waals surface area contributed by atoms with Crippen LogP contribution in [0.15, 0.2) is 53.6 Å². The van der Waals surface area contributed by atoms with Crippen LogP contribution in [0.1, 0.15) is 43.7 Å². The first-order chi connectivity index (χ1) is 15.4. The molecule has 0 aliphatic carbocycles. The number of benzene rings is 2. The third kappa shape index (κ3) is 4.45. The van der Waals surface area contributed by atoms with Gasteiger partial charge in [0, 0.05) is 39.1 Å². The SMILES string of the molecule is CO[C@H]1CCN(CCC[C@@]2(c3ccccc3)CC(c3cc(F)ccc3F)=NN2C(C)=O)C1. The van der Waals surface area contributed by atoms with Crippen molar-refractivity contribution in [2.45, 2.75) is 44.2 Å². The molecule has 1 fully saturated rings. The summed E-state index contributed by atoms with van der Waals surface area (Å²) in [4.78, 5) is 15.1. The topological polar surface area (TPSA) is 45.1 Å². The van der Waals surface area contributed by atoms with Crippen molar-refractivity contribution < 1.29 is 18.3 Å². The van der Waals surface area contributed by atoms with Crippen LogP contribution >= 0.6 is 0 Å². The average molecular weight is 442 g/mol. The van der Waals surface area contributed by atoms with Gasteiger partial charge in [0.1, 0.15) is 11.6 Å². The Morgan fingerprint density at radius 3 is 2.69 bits per heavy atom. The van der Waals surface area contributed by atoms with Gasteiger partial charge >= 0.3 is 0 Å². The maximum absolute atomic E-state index is 14.6. The molecule has 7 heteroatoms. The minimum atomic E-state index is -0.735. The van der Waals surface area contributed by atoms with Crippen molar-refractivity contribution in [2.75, 3.05) is 26.7 Å². The van der Waals surface area contributed by atoms with Crippen molar-refractivity contribution >= 4 is 11.6 Å². The molecule has 5 nitrogen and oxygen atoms in total. The van der Waals surface area contributed by atoms with Gasteiger partial charge in [-0.05, 0) is 49.6 Å². The fourth-order valence-electron chi connectivity index (χ4n) is 4.94. The quantitative estimate of drug-likeness (QED) is 0.643. The molecule has 4 rings (SSSR count). The lowest BCUT2D eigenvalue weighted by molar-refractivity contribution is -0.135. The van der Waals surface area contributed by atoms with Gasteiger partial charge in [0.15, 0.2) is 0 Å². The van der Waals surface area contributed by atoms with Crippen molar-refractivity contribution in [2.24, 2.45) is 5.10 Å². The van der Waals surface area contributed by atoms with Crippen LogP contribution in [-0.2, 0) is 15.1 Å². The van der Waals surface area contributed by atoms with Crippen LogP contribution in [-0.4, -0.2) is 54.4 Å². The minimum absolute atomic E-state index is 0.108. The van der Waals surface area contributed by atoms with Crippen molar-refractivity contribution in [3.63, 3.8) is 0 Å². The van der Waals surface area contributed by atoms with Gasteiger partial charge in [-0.3, -0.25) is 4.79 Å². The molecule has 0 radical (unpaired) electrons. The predicted molar refractivity (Wildman–Crippen MR) is 119 cm³/mol. The molecule has 170 valence electrons. The van der Waals surface area contributed by atoms with E-state index in [4.69, 9.17) is 4.74 Å². The van der Waals surface area contributed by atoms with E-state index in [1.54, 1.807) is 7.11 Å². The highest BCUT2D eigenvalue weighted by Crippen LogP contribution is 2.43. The Morgan fingerprint density at radius 1 is 1.22 bits per heavy atom. The normalized spacial score (nSPS) is 23.6. The lowest BCUT2D eigenvalue weighted by Gasteiger charge is -2.37. The van der Waals surface area contributed by atoms with Gasteiger partial charge in [0.2, 0.25) is 5.91 Å². The number of methoxy groups -OCH3 is 1. The summed E-state index contributed by atoms with van der Waals surface area (Å²) in [6.45, 7) is 4.24. The molecule has 2 aromatic carbocycles. The first-order valence-electron chi connectivity index (χ1n) is 11.1. The second-order valence-corrected chi connectivity index (χ2v) is 8.63. The molecule has 2 aliphatic heterocycles. The molecule has 2 heterocycles. The summed E-state index contributed by atoms with van der Waals surface area (Å²) in [5.41, 5.74) is 0.710. The van der Waals surface area contributed by atoms with E-state index in [0.717, 1.165) is 56.2 Å². The van der Waals surface area contributed by atoms with Crippen molar-refractivity contribution in [3.05, 3.63) is 71.3 Å². The lowest BCUT2D eigenvalue weighted by Crippen LogP contribution is -2.43. The average Bonchev–Trinajstić information content (AvgIpc) is 3.41. The molecule has 2 aliphatic rings. The summed E-state index contributed by atoms with van der Waals surface area (Å²) in [6.07, 6.45) is 3.12. The minimum Gasteiger partial charge on any atom is -0.380 e. The Balaban J connectivity index is 1.63. The van der Waals surface area contributed by atoms with E-state index in [2.05, 4.69) is 10.0 Å². The van der Waals surface area contributed by atoms with E-state index in [9.17, 15) is 13.6 Å². The van der Waals surface area contributed by atoms with Crippen LogP contribution in [0.3, 0.4) is 0 Å². The van der Waals surface area contributed by atoms with Crippen LogP contribution in [0.5, 0.6) is 0 Å². The number of carbonyl (C=O) groups excluding carboxylic acids is 1. The van der Waals surface area contributed by atoms with Gasteiger partial charge in [-0.15, -0.1) is 0 Å². The number of hydrogen-bond acceptors (Lipinski definition) is 4. The van der Waals surface area contributed by atoms with E-state index in [0.29, 0.717) is 18.6 Å². The summed E-state index contributed by atoms with van der Waals surface area (Å²) in [5.74, 6) is -1.29. The summed E-state index contributed by atoms with van der Waals surface area (Å²) in [5, 5.41) is 6.00. The third-order valence-corrected chi connectivity index (χ3v) is 6.56. The monoisotopic (exact) mass is 441 g/mol. The van der Waals surface area contributed by atoms with Crippen molar-refractivity contribution in [3.8, 4) is 0 Å². The fraction of sp³-hybridized carbons (Fsp3) is 0.440. The van der Waals surface area contributed by atoms with Crippen molar-refractivity contribution in [1.82, 2.24) is 9.91 Å². The first kappa shape index (κ1) is 22.6. The maximum atomic E-state index is 14.6. The van der Waals surface area contributed by atoms with Crippen LogP contribution in [0, 0.1) is 11.6 Å². The van der Waals surface area contributed by atoms with E-state index >= 15 is 0 Å². The Labute approximate surface area is 187 Å². The third-order valence-electron chi connectivity index (χ3n) is 6.56. The standard InChI is InChI=1S/C25H29F2N3O2/c1-18(31)30-25(19-7-4-3-5-8-19,12-6-13-29-14-11-21(17-29)32-2)16-24(28-30)22-15-20(26)9-10-23(22)27/h3-5,7-10,15,21H,6,11-14,16-17H2,1-2H3/t21-,25-/m0/s1. The molecule has 0 aromatic heterocycles. The number of hydrazone groups is 1. The Kier molecular flexibility index (Phi) is 6.67. The number of likely N-dealkylation sites (tertiary alicyclic amines) is 1. The molecular formula is C25H29F2N3O2. The molecular weight excluding hydrogens is 412 g/mol. The van der Waals surface area contributed by atoms with Gasteiger partial charge in [-0.1, -0.05) is 30.3 Å². The molecule has 2 aromatic rings. The van der Waals surface area contributed by atoms with Gasteiger partial charge in [-0.2, -0.15) is 5.10 Å². The van der Waals surface area contributed by atoms with Crippen LogP contribution in [0.25, 0.3) is 0 Å². The second kappa shape index (κ2) is 9.46. The zero-order chi connectivity index (χ0) is 22.7.